The van der Waals surface area contributed by atoms with Crippen LogP contribution in [0.25, 0.3) is 0 Å². The quantitative estimate of drug-likeness (QED) is 0.666. The van der Waals surface area contributed by atoms with Crippen LogP contribution in [-0.4, -0.2) is 41.9 Å². The van der Waals surface area contributed by atoms with Crippen molar-refractivity contribution in [2.24, 2.45) is 5.92 Å². The van der Waals surface area contributed by atoms with Gasteiger partial charge in [0, 0.05) is 30.1 Å². The van der Waals surface area contributed by atoms with Crippen molar-refractivity contribution in [1.82, 2.24) is 10.6 Å². The Bertz CT molecular complexity index is 468. The van der Waals surface area contributed by atoms with Gasteiger partial charge in [-0.05, 0) is 32.0 Å². The molecule has 1 aromatic rings. The number of benzene rings is 1. The lowest BCUT2D eigenvalue weighted by atomic mass is 9.95. The second kappa shape index (κ2) is 7.47. The molecule has 1 aromatic carbocycles. The van der Waals surface area contributed by atoms with E-state index in [1.165, 1.54) is 0 Å². The maximum atomic E-state index is 12.0. The first kappa shape index (κ1) is 16.8. The van der Waals surface area contributed by atoms with Crippen molar-refractivity contribution in [2.75, 3.05) is 19.6 Å². The lowest BCUT2D eigenvalue weighted by Gasteiger charge is -2.28. The molecule has 1 saturated heterocycles. The molecule has 1 amide bonds. The Labute approximate surface area is 124 Å². The Morgan fingerprint density at radius 1 is 1.50 bits per heavy atom. The highest BCUT2D eigenvalue weighted by atomic mass is 35.5. The zero-order valence-electron chi connectivity index (χ0n) is 11.4. The molecule has 112 valence electrons. The second-order valence-electron chi connectivity index (χ2n) is 4.98. The molecule has 6 heteroatoms. The third-order valence-corrected chi connectivity index (χ3v) is 3.66. The second-order valence-corrected chi connectivity index (χ2v) is 4.98. The molecule has 20 heavy (non-hydrogen) atoms. The number of carbonyl (C=O) groups is 1. The van der Waals surface area contributed by atoms with Gasteiger partial charge in [-0.25, -0.2) is 0 Å². The van der Waals surface area contributed by atoms with Crippen LogP contribution in [0.2, 0.25) is 0 Å². The van der Waals surface area contributed by atoms with E-state index in [-0.39, 0.29) is 30.0 Å². The number of phenols is 1. The van der Waals surface area contributed by atoms with E-state index >= 15 is 0 Å². The number of phenolic OH excluding ortho intramolecular Hbond substituents is 1. The van der Waals surface area contributed by atoms with E-state index in [0.29, 0.717) is 24.2 Å². The van der Waals surface area contributed by atoms with Gasteiger partial charge < -0.3 is 20.8 Å². The van der Waals surface area contributed by atoms with Crippen molar-refractivity contribution in [2.45, 2.75) is 19.4 Å². The minimum Gasteiger partial charge on any atom is -0.508 e. The number of rotatable bonds is 3. The summed E-state index contributed by atoms with van der Waals surface area (Å²) in [5, 5.41) is 25.3. The molecule has 4 N–H and O–H groups in total. The number of hydrogen-bond donors (Lipinski definition) is 4. The highest BCUT2D eigenvalue weighted by Crippen LogP contribution is 2.19. The molecule has 1 heterocycles. The average Bonchev–Trinajstić information content (AvgIpc) is 2.40. The van der Waals surface area contributed by atoms with E-state index in [2.05, 4.69) is 10.6 Å². The van der Waals surface area contributed by atoms with Crippen LogP contribution in [0.4, 0.5) is 0 Å². The molecule has 0 spiro atoms. The van der Waals surface area contributed by atoms with E-state index in [1.54, 1.807) is 25.1 Å². The predicted molar refractivity (Wildman–Crippen MR) is 79.4 cm³/mol. The molecule has 2 rings (SSSR count). The molecule has 1 aliphatic heterocycles. The topological polar surface area (TPSA) is 81.6 Å². The molecule has 1 aliphatic rings. The summed E-state index contributed by atoms with van der Waals surface area (Å²) in [5.41, 5.74) is 1.05. The van der Waals surface area contributed by atoms with Crippen molar-refractivity contribution in [3.05, 3.63) is 29.3 Å². The lowest BCUT2D eigenvalue weighted by Crippen LogP contribution is -2.45. The van der Waals surface area contributed by atoms with E-state index in [9.17, 15) is 15.0 Å². The minimum atomic E-state index is -0.417. The fourth-order valence-corrected chi connectivity index (χ4v) is 2.32. The van der Waals surface area contributed by atoms with Crippen LogP contribution in [0.3, 0.4) is 0 Å². The summed E-state index contributed by atoms with van der Waals surface area (Å²) in [5.74, 6) is -0.00324. The maximum absolute atomic E-state index is 12.0. The van der Waals surface area contributed by atoms with E-state index in [1.807, 2.05) is 0 Å². The van der Waals surface area contributed by atoms with Crippen molar-refractivity contribution in [3.8, 4) is 5.75 Å². The molecule has 0 unspecified atom stereocenters. The van der Waals surface area contributed by atoms with Crippen LogP contribution in [0.15, 0.2) is 18.2 Å². The van der Waals surface area contributed by atoms with Crippen molar-refractivity contribution in [1.29, 1.82) is 0 Å². The van der Waals surface area contributed by atoms with Gasteiger partial charge in [0.05, 0.1) is 6.10 Å². The summed E-state index contributed by atoms with van der Waals surface area (Å²) in [7, 11) is 0. The largest absolute Gasteiger partial charge is 0.508 e. The maximum Gasteiger partial charge on any atom is 0.251 e. The van der Waals surface area contributed by atoms with Crippen LogP contribution < -0.4 is 10.6 Å². The molecule has 2 atom stereocenters. The van der Waals surface area contributed by atoms with E-state index < -0.39 is 6.10 Å². The van der Waals surface area contributed by atoms with Gasteiger partial charge in [-0.1, -0.05) is 6.07 Å². The SMILES string of the molecule is Cc1c(O)cccc1C(=O)NC[C@@H]1CCNC[C@H]1O.Cl. The van der Waals surface area contributed by atoms with Crippen molar-refractivity contribution >= 4 is 18.3 Å². The fourth-order valence-electron chi connectivity index (χ4n) is 2.32. The molecule has 0 bridgehead atoms. The van der Waals surface area contributed by atoms with Crippen molar-refractivity contribution < 1.29 is 15.0 Å². The van der Waals surface area contributed by atoms with Crippen LogP contribution >= 0.6 is 12.4 Å². The number of halogens is 1. The summed E-state index contributed by atoms with van der Waals surface area (Å²) < 4.78 is 0. The van der Waals surface area contributed by atoms with Gasteiger partial charge in [0.25, 0.3) is 5.91 Å². The summed E-state index contributed by atoms with van der Waals surface area (Å²) in [6.07, 6.45) is 0.430. The normalized spacial score (nSPS) is 21.9. The molecule has 0 aromatic heterocycles. The molecule has 1 fully saturated rings. The number of hydrogen-bond acceptors (Lipinski definition) is 4. The summed E-state index contributed by atoms with van der Waals surface area (Å²) in [6, 6.07) is 4.89. The van der Waals surface area contributed by atoms with Gasteiger partial charge in [0.1, 0.15) is 5.75 Å². The van der Waals surface area contributed by atoms with E-state index in [4.69, 9.17) is 0 Å². The lowest BCUT2D eigenvalue weighted by molar-refractivity contribution is 0.0753. The highest BCUT2D eigenvalue weighted by Gasteiger charge is 2.23. The standard InChI is InChI=1S/C14H20N2O3.ClH/c1-9-11(3-2-4-12(9)17)14(19)16-7-10-5-6-15-8-13(10)18;/h2-4,10,13,15,17-18H,5-8H2,1H3,(H,16,19);1H/t10-,13+;/m0./s1. The Hall–Kier alpha value is -1.30. The first-order chi connectivity index (χ1) is 9.09. The van der Waals surface area contributed by atoms with Crippen molar-refractivity contribution in [3.63, 3.8) is 0 Å². The third-order valence-electron chi connectivity index (χ3n) is 3.66. The number of amides is 1. The number of aromatic hydroxyl groups is 1. The zero-order valence-corrected chi connectivity index (χ0v) is 12.2. The molecular weight excluding hydrogens is 280 g/mol. The highest BCUT2D eigenvalue weighted by molar-refractivity contribution is 5.96. The first-order valence-electron chi connectivity index (χ1n) is 6.55. The summed E-state index contributed by atoms with van der Waals surface area (Å²) in [6.45, 7) is 3.61. The van der Waals surface area contributed by atoms with Gasteiger partial charge in [-0.2, -0.15) is 0 Å². The Morgan fingerprint density at radius 2 is 2.25 bits per heavy atom. The minimum absolute atomic E-state index is 0. The Kier molecular flexibility index (Phi) is 6.26. The molecular formula is C14H21ClN2O3. The summed E-state index contributed by atoms with van der Waals surface area (Å²) in [4.78, 5) is 12.0. The fraction of sp³-hybridized carbons (Fsp3) is 0.500. The van der Waals surface area contributed by atoms with Crippen LogP contribution in [-0.2, 0) is 0 Å². The molecule has 0 saturated carbocycles. The number of aliphatic hydroxyl groups excluding tert-OH is 1. The number of aliphatic hydroxyl groups is 1. The number of piperidine rings is 1. The van der Waals surface area contributed by atoms with Gasteiger partial charge in [0.15, 0.2) is 0 Å². The zero-order chi connectivity index (χ0) is 13.8. The number of nitrogens with one attached hydrogen (secondary N) is 2. The Morgan fingerprint density at radius 3 is 2.95 bits per heavy atom. The summed E-state index contributed by atoms with van der Waals surface area (Å²) >= 11 is 0. The van der Waals surface area contributed by atoms with Gasteiger partial charge in [0.2, 0.25) is 0 Å². The Balaban J connectivity index is 0.00000200. The third kappa shape index (κ3) is 3.85. The molecule has 0 aliphatic carbocycles. The number of carbonyl (C=O) groups excluding carboxylic acids is 1. The van der Waals surface area contributed by atoms with Gasteiger partial charge >= 0.3 is 0 Å². The van der Waals surface area contributed by atoms with E-state index in [0.717, 1.165) is 13.0 Å². The van der Waals surface area contributed by atoms with Gasteiger partial charge in [-0.3, -0.25) is 4.79 Å². The number of β-amino-alcohol motifs (C(OH)–C–C–N with tert-alkyl or cyclic N) is 1. The van der Waals surface area contributed by atoms with Crippen LogP contribution in [0.1, 0.15) is 22.3 Å². The van der Waals surface area contributed by atoms with Gasteiger partial charge in [-0.15, -0.1) is 12.4 Å². The van der Waals surface area contributed by atoms with Crippen LogP contribution in [0.5, 0.6) is 5.75 Å². The average molecular weight is 301 g/mol. The monoisotopic (exact) mass is 300 g/mol. The predicted octanol–water partition coefficient (Wildman–Crippen LogP) is 0.823. The van der Waals surface area contributed by atoms with Crippen LogP contribution in [0, 0.1) is 12.8 Å². The smallest absolute Gasteiger partial charge is 0.251 e. The first-order valence-corrected chi connectivity index (χ1v) is 6.55. The molecule has 0 radical (unpaired) electrons. The molecule has 5 nitrogen and oxygen atoms in total.